The third kappa shape index (κ3) is 6.21. The predicted octanol–water partition coefficient (Wildman–Crippen LogP) is 7.15. The van der Waals surface area contributed by atoms with Crippen molar-refractivity contribution in [3.05, 3.63) is 96.6 Å². The van der Waals surface area contributed by atoms with Crippen LogP contribution < -0.4 is 9.80 Å². The first-order valence-corrected chi connectivity index (χ1v) is 21.0. The molecule has 0 radical (unpaired) electrons. The number of benzene rings is 4. The van der Waals surface area contributed by atoms with E-state index in [-0.39, 0.29) is 9.79 Å². The molecule has 2 aliphatic rings. The molecule has 276 valence electrons. The van der Waals surface area contributed by atoms with Crippen LogP contribution in [0.25, 0.3) is 44.3 Å². The summed E-state index contributed by atoms with van der Waals surface area (Å²) in [6, 6.07) is 29.5. The van der Waals surface area contributed by atoms with Crippen molar-refractivity contribution >= 4 is 53.2 Å². The van der Waals surface area contributed by atoms with Crippen molar-refractivity contribution in [3.63, 3.8) is 0 Å². The van der Waals surface area contributed by atoms with Gasteiger partial charge in [-0.15, -0.1) is 0 Å². The number of sulfonamides is 2. The van der Waals surface area contributed by atoms with E-state index in [1.54, 1.807) is 40.3 Å². The average Bonchev–Trinajstić information content (AvgIpc) is 3.97. The number of para-hydroxylation sites is 2. The molecule has 2 N–H and O–H groups in total. The molecule has 2 fully saturated rings. The molecule has 4 heterocycles. The number of aromatic nitrogens is 2. The molecule has 12 heteroatoms. The van der Waals surface area contributed by atoms with Crippen molar-refractivity contribution in [1.29, 1.82) is 0 Å². The van der Waals surface area contributed by atoms with Gasteiger partial charge in [0.25, 0.3) is 0 Å². The lowest BCUT2D eigenvalue weighted by Crippen LogP contribution is -2.27. The van der Waals surface area contributed by atoms with E-state index in [9.17, 15) is 16.8 Å². The molecule has 6 aromatic rings. The van der Waals surface area contributed by atoms with Crippen LogP contribution in [0.5, 0.6) is 0 Å². The molecule has 53 heavy (non-hydrogen) atoms. The van der Waals surface area contributed by atoms with Gasteiger partial charge in [0, 0.05) is 104 Å². The second-order valence-corrected chi connectivity index (χ2v) is 19.2. The van der Waals surface area contributed by atoms with E-state index in [4.69, 9.17) is 0 Å². The van der Waals surface area contributed by atoms with Crippen LogP contribution in [0.1, 0.15) is 18.4 Å². The van der Waals surface area contributed by atoms with Gasteiger partial charge in [-0.1, -0.05) is 36.4 Å². The van der Waals surface area contributed by atoms with Gasteiger partial charge in [-0.05, 0) is 91.8 Å². The van der Waals surface area contributed by atoms with Gasteiger partial charge in [0.2, 0.25) is 20.0 Å². The Bertz CT molecular complexity index is 2540. The van der Waals surface area contributed by atoms with Crippen LogP contribution in [0.3, 0.4) is 0 Å². The van der Waals surface area contributed by atoms with Crippen LogP contribution in [-0.2, 0) is 20.0 Å². The van der Waals surface area contributed by atoms with Gasteiger partial charge in [0.15, 0.2) is 0 Å². The fraction of sp³-hybridized carbons (Fsp3) is 0.317. The molecule has 0 saturated carbocycles. The van der Waals surface area contributed by atoms with Gasteiger partial charge in [0.05, 0.1) is 15.5 Å². The molecular formula is C41H46N6O4S2. The number of nitrogens with zero attached hydrogens (tertiary/aromatic N) is 4. The quantitative estimate of drug-likeness (QED) is 0.163. The molecule has 0 aliphatic carbocycles. The molecule has 2 saturated heterocycles. The maximum absolute atomic E-state index is 13.3. The highest BCUT2D eigenvalue weighted by molar-refractivity contribution is 7.89. The van der Waals surface area contributed by atoms with Crippen LogP contribution in [0.2, 0.25) is 0 Å². The van der Waals surface area contributed by atoms with Crippen molar-refractivity contribution in [1.82, 2.24) is 18.6 Å². The predicted molar refractivity (Wildman–Crippen MR) is 215 cm³/mol. The first-order chi connectivity index (χ1) is 25.3. The van der Waals surface area contributed by atoms with E-state index in [1.807, 2.05) is 54.6 Å². The van der Waals surface area contributed by atoms with E-state index in [0.29, 0.717) is 11.8 Å². The maximum atomic E-state index is 13.3. The molecule has 10 nitrogen and oxygen atoms in total. The molecule has 2 atom stereocenters. The van der Waals surface area contributed by atoms with Crippen LogP contribution in [0.15, 0.2) is 101 Å². The molecule has 0 spiro atoms. The number of rotatable bonds is 9. The minimum absolute atomic E-state index is 0.271. The first kappa shape index (κ1) is 35.4. The minimum atomic E-state index is -3.64. The Hall–Kier alpha value is -4.62. The van der Waals surface area contributed by atoms with Crippen LogP contribution in [-0.4, -0.2) is 89.8 Å². The summed E-state index contributed by atoms with van der Waals surface area (Å²) in [4.78, 5) is 12.5. The molecule has 2 unspecified atom stereocenters. The third-order valence-electron chi connectivity index (χ3n) is 11.3. The molecular weight excluding hydrogens is 705 g/mol. The highest BCUT2D eigenvalue weighted by atomic mass is 32.2. The zero-order valence-corrected chi connectivity index (χ0v) is 32.4. The van der Waals surface area contributed by atoms with E-state index in [1.165, 1.54) is 8.61 Å². The van der Waals surface area contributed by atoms with Crippen LogP contribution in [0, 0.1) is 18.8 Å². The molecule has 4 aromatic carbocycles. The number of aryl methyl sites for hydroxylation is 1. The van der Waals surface area contributed by atoms with Crippen molar-refractivity contribution in [2.24, 2.45) is 11.8 Å². The lowest BCUT2D eigenvalue weighted by Gasteiger charge is -2.26. The van der Waals surface area contributed by atoms with Gasteiger partial charge in [-0.25, -0.2) is 25.4 Å². The summed E-state index contributed by atoms with van der Waals surface area (Å²) < 4.78 is 55.6. The van der Waals surface area contributed by atoms with Crippen molar-refractivity contribution < 1.29 is 16.8 Å². The van der Waals surface area contributed by atoms with Crippen molar-refractivity contribution in [3.8, 4) is 22.5 Å². The third-order valence-corrected chi connectivity index (χ3v) is 15.0. The number of fused-ring (bicyclic) bond motifs is 2. The average molecular weight is 751 g/mol. The smallest absolute Gasteiger partial charge is 0.242 e. The van der Waals surface area contributed by atoms with E-state index >= 15 is 0 Å². The highest BCUT2D eigenvalue weighted by Crippen LogP contribution is 2.43. The molecule has 2 aromatic heterocycles. The fourth-order valence-electron chi connectivity index (χ4n) is 8.29. The van der Waals surface area contributed by atoms with E-state index in [0.717, 1.165) is 100 Å². The molecule has 8 rings (SSSR count). The van der Waals surface area contributed by atoms with Gasteiger partial charge >= 0.3 is 0 Å². The Morgan fingerprint density at radius 1 is 0.623 bits per heavy atom. The Balaban J connectivity index is 1.09. The summed E-state index contributed by atoms with van der Waals surface area (Å²) in [5, 5.41) is 2.20. The first-order valence-electron chi connectivity index (χ1n) is 18.1. The highest BCUT2D eigenvalue weighted by Gasteiger charge is 2.36. The van der Waals surface area contributed by atoms with E-state index in [2.05, 4.69) is 51.0 Å². The Kier molecular flexibility index (Phi) is 8.92. The topological polar surface area (TPSA) is 113 Å². The molecule has 2 aliphatic heterocycles. The maximum Gasteiger partial charge on any atom is 0.242 e. The number of hydrogen-bond acceptors (Lipinski definition) is 6. The lowest BCUT2D eigenvalue weighted by atomic mass is 9.91. The summed E-state index contributed by atoms with van der Waals surface area (Å²) >= 11 is 0. The zero-order chi connectivity index (χ0) is 37.2. The minimum Gasteiger partial charge on any atom is -0.371 e. The summed E-state index contributed by atoms with van der Waals surface area (Å²) in [5.41, 5.74) is 8.80. The summed E-state index contributed by atoms with van der Waals surface area (Å²) in [6.07, 6.45) is 2.08. The summed E-state index contributed by atoms with van der Waals surface area (Å²) in [6.45, 7) is 5.60. The normalized spacial score (nSPS) is 18.4. The molecule has 0 amide bonds. The number of nitrogens with one attached hydrogen (secondary N) is 2. The SMILES string of the molecule is Cc1c(-c2cc(S(=O)(=O)N(C)C)ccc2N2CCC(C3CCN(c4ccc(S(=O)(=O)N(C)C)cc4-c4cc5ccccc5[nH]4)C3)C2)[nH]c2ccccc12. The van der Waals surface area contributed by atoms with Crippen molar-refractivity contribution in [2.75, 3.05) is 64.2 Å². The van der Waals surface area contributed by atoms with Gasteiger partial charge in [-0.2, -0.15) is 0 Å². The molecule has 0 bridgehead atoms. The van der Waals surface area contributed by atoms with Crippen molar-refractivity contribution in [2.45, 2.75) is 29.6 Å². The number of anilines is 2. The standard InChI is InChI=1S/C41H46N6O4S2/c1-27-33-11-7-9-13-37(33)43-41(27)35-24-32(53(50,51)45(4)5)15-17-40(35)47-21-19-30(26-47)29-18-20-46(25-29)39-16-14-31(52(48,49)44(2)3)23-34(39)38-22-28-10-6-8-12-36(28)42-38/h6-17,22-24,29-30,42-43H,18-21,25-26H2,1-5H3. The van der Waals surface area contributed by atoms with Gasteiger partial charge < -0.3 is 19.8 Å². The summed E-state index contributed by atoms with van der Waals surface area (Å²) in [7, 11) is -1.01. The van der Waals surface area contributed by atoms with Gasteiger partial charge in [-0.3, -0.25) is 0 Å². The van der Waals surface area contributed by atoms with Gasteiger partial charge in [0.1, 0.15) is 0 Å². The monoisotopic (exact) mass is 750 g/mol. The fourth-order valence-corrected chi connectivity index (χ4v) is 10.1. The summed E-state index contributed by atoms with van der Waals surface area (Å²) in [5.74, 6) is 0.902. The van der Waals surface area contributed by atoms with E-state index < -0.39 is 20.0 Å². The number of H-pyrrole nitrogens is 2. The second-order valence-electron chi connectivity index (χ2n) is 14.9. The number of aromatic amines is 2. The zero-order valence-electron chi connectivity index (χ0n) is 30.8. The van der Waals surface area contributed by atoms with Crippen LogP contribution >= 0.6 is 0 Å². The Morgan fingerprint density at radius 2 is 1.15 bits per heavy atom. The van der Waals surface area contributed by atoms with Crippen LogP contribution in [0.4, 0.5) is 11.4 Å². The Labute approximate surface area is 312 Å². The largest absolute Gasteiger partial charge is 0.371 e. The Morgan fingerprint density at radius 3 is 1.72 bits per heavy atom. The number of hydrogen-bond donors (Lipinski definition) is 2. The lowest BCUT2D eigenvalue weighted by molar-refractivity contribution is 0.393. The second kappa shape index (κ2) is 13.3.